The Balaban J connectivity index is 1.65. The van der Waals surface area contributed by atoms with Crippen LogP contribution in [-0.2, 0) is 16.0 Å². The minimum absolute atomic E-state index is 0.00152. The van der Waals surface area contributed by atoms with E-state index in [-0.39, 0.29) is 23.1 Å². The van der Waals surface area contributed by atoms with Gasteiger partial charge in [-0.05, 0) is 38.5 Å². The number of amides is 2. The Morgan fingerprint density at radius 3 is 2.30 bits per heavy atom. The van der Waals surface area contributed by atoms with E-state index < -0.39 is 0 Å². The molecular weight excluding hydrogens is 340 g/mol. The van der Waals surface area contributed by atoms with Crippen molar-refractivity contribution in [3.63, 3.8) is 0 Å². The molecule has 2 heterocycles. The fourth-order valence-electron chi connectivity index (χ4n) is 3.63. The van der Waals surface area contributed by atoms with Crippen LogP contribution in [0.4, 0.5) is 0 Å². The number of carbonyl (C=O) groups is 2. The number of hydrogen-bond donors (Lipinski definition) is 1. The Hall–Kier alpha value is -1.98. The van der Waals surface area contributed by atoms with Gasteiger partial charge in [-0.25, -0.2) is 9.97 Å². The van der Waals surface area contributed by atoms with Crippen molar-refractivity contribution in [3.05, 3.63) is 22.8 Å². The molecule has 1 aromatic rings. The number of carbonyl (C=O) groups excluding carboxylic acids is 2. The first-order chi connectivity index (χ1) is 12.6. The van der Waals surface area contributed by atoms with Crippen molar-refractivity contribution in [2.45, 2.75) is 78.7 Å². The van der Waals surface area contributed by atoms with Crippen LogP contribution in [0.3, 0.4) is 0 Å². The van der Waals surface area contributed by atoms with Crippen molar-refractivity contribution in [1.82, 2.24) is 20.2 Å². The average Bonchev–Trinajstić information content (AvgIpc) is 3.21. The molecule has 1 atom stereocenters. The molecule has 0 radical (unpaired) electrons. The molecule has 1 saturated heterocycles. The minimum Gasteiger partial charge on any atom is -0.353 e. The molecule has 0 unspecified atom stereocenters. The van der Waals surface area contributed by atoms with E-state index >= 15 is 0 Å². The molecule has 6 heteroatoms. The molecule has 1 aliphatic heterocycles. The Kier molecular flexibility index (Phi) is 5.54. The lowest BCUT2D eigenvalue weighted by molar-refractivity contribution is -0.132. The van der Waals surface area contributed by atoms with Crippen molar-refractivity contribution in [2.24, 2.45) is 5.41 Å². The van der Waals surface area contributed by atoms with Crippen LogP contribution in [0.5, 0.6) is 0 Å². The molecule has 1 aliphatic carbocycles. The molecule has 1 aromatic heterocycles. The summed E-state index contributed by atoms with van der Waals surface area (Å²) < 4.78 is 0. The Morgan fingerprint density at radius 1 is 1.11 bits per heavy atom. The van der Waals surface area contributed by atoms with Gasteiger partial charge in [0, 0.05) is 48.4 Å². The lowest BCUT2D eigenvalue weighted by Gasteiger charge is -2.23. The van der Waals surface area contributed by atoms with Gasteiger partial charge in [-0.15, -0.1) is 0 Å². The predicted molar refractivity (Wildman–Crippen MR) is 104 cm³/mol. The predicted octanol–water partition coefficient (Wildman–Crippen LogP) is 2.67. The van der Waals surface area contributed by atoms with Crippen LogP contribution in [-0.4, -0.2) is 45.8 Å². The summed E-state index contributed by atoms with van der Waals surface area (Å²) in [6, 6.07) is 0.369. The van der Waals surface area contributed by atoms with Crippen molar-refractivity contribution < 1.29 is 9.59 Å². The zero-order chi connectivity index (χ0) is 19.8. The lowest BCUT2D eigenvalue weighted by atomic mass is 9.92. The van der Waals surface area contributed by atoms with Crippen LogP contribution < -0.4 is 5.32 Å². The maximum absolute atomic E-state index is 12.5. The van der Waals surface area contributed by atoms with Crippen LogP contribution in [0.15, 0.2) is 0 Å². The third kappa shape index (κ3) is 5.27. The highest BCUT2D eigenvalue weighted by Crippen LogP contribution is 2.29. The van der Waals surface area contributed by atoms with Gasteiger partial charge in [-0.2, -0.15) is 0 Å². The number of aryl methyl sites for hydroxylation is 2. The second kappa shape index (κ2) is 7.56. The molecule has 6 nitrogen and oxygen atoms in total. The number of nitrogens with zero attached hydrogens (tertiary/aromatic N) is 3. The topological polar surface area (TPSA) is 75.2 Å². The monoisotopic (exact) mass is 372 g/mol. The Morgan fingerprint density at radius 2 is 1.74 bits per heavy atom. The highest BCUT2D eigenvalue weighted by Gasteiger charge is 2.31. The number of nitrogens with one attached hydrogen (secondary N) is 1. The van der Waals surface area contributed by atoms with Crippen LogP contribution in [0.1, 0.15) is 75.1 Å². The zero-order valence-electron chi connectivity index (χ0n) is 17.3. The summed E-state index contributed by atoms with van der Waals surface area (Å²) in [6.45, 7) is 11.6. The molecule has 3 rings (SSSR count). The number of aromatic nitrogens is 2. The van der Waals surface area contributed by atoms with Crippen LogP contribution >= 0.6 is 0 Å². The van der Waals surface area contributed by atoms with Crippen molar-refractivity contribution >= 4 is 11.8 Å². The minimum atomic E-state index is 0.00152. The van der Waals surface area contributed by atoms with E-state index in [0.717, 1.165) is 48.6 Å². The van der Waals surface area contributed by atoms with Crippen LogP contribution in [0.2, 0.25) is 0 Å². The van der Waals surface area contributed by atoms with Gasteiger partial charge in [0.25, 0.3) is 0 Å². The maximum Gasteiger partial charge on any atom is 0.224 e. The fraction of sp³-hybridized carbons (Fsp3) is 0.714. The van der Waals surface area contributed by atoms with Gasteiger partial charge in [-0.1, -0.05) is 20.8 Å². The average molecular weight is 373 g/mol. The van der Waals surface area contributed by atoms with Gasteiger partial charge in [0.15, 0.2) is 0 Å². The van der Waals surface area contributed by atoms with E-state index in [1.54, 1.807) is 0 Å². The number of likely N-dealkylation sites (tertiary alicyclic amines) is 1. The molecule has 27 heavy (non-hydrogen) atoms. The first kappa shape index (κ1) is 19.8. The summed E-state index contributed by atoms with van der Waals surface area (Å²) in [7, 11) is 0. The summed E-state index contributed by atoms with van der Waals surface area (Å²) >= 11 is 0. The van der Waals surface area contributed by atoms with E-state index in [2.05, 4.69) is 26.1 Å². The Bertz CT molecular complexity index is 711. The van der Waals surface area contributed by atoms with Gasteiger partial charge in [-0.3, -0.25) is 9.59 Å². The van der Waals surface area contributed by atoms with Crippen molar-refractivity contribution in [2.75, 3.05) is 13.1 Å². The lowest BCUT2D eigenvalue weighted by Crippen LogP contribution is -2.31. The second-order valence-corrected chi connectivity index (χ2v) is 9.31. The highest BCUT2D eigenvalue weighted by molar-refractivity contribution is 5.79. The quantitative estimate of drug-likeness (QED) is 0.862. The number of hydrogen-bond acceptors (Lipinski definition) is 4. The SMILES string of the molecule is Cc1nc([C@H]2CCN(C(=O)CC(C)(C)C)C2)nc(C)c1CC(=O)NC1CC1. The van der Waals surface area contributed by atoms with Crippen molar-refractivity contribution in [1.29, 1.82) is 0 Å². The molecule has 148 valence electrons. The smallest absolute Gasteiger partial charge is 0.224 e. The maximum atomic E-state index is 12.5. The summed E-state index contributed by atoms with van der Waals surface area (Å²) in [4.78, 5) is 36.0. The van der Waals surface area contributed by atoms with E-state index in [1.807, 2.05) is 18.7 Å². The van der Waals surface area contributed by atoms with Gasteiger partial charge in [0.05, 0.1) is 6.42 Å². The third-order valence-corrected chi connectivity index (χ3v) is 5.31. The highest BCUT2D eigenvalue weighted by atomic mass is 16.2. The summed E-state index contributed by atoms with van der Waals surface area (Å²) in [5.74, 6) is 1.26. The number of rotatable bonds is 5. The van der Waals surface area contributed by atoms with E-state index in [0.29, 0.717) is 25.4 Å². The van der Waals surface area contributed by atoms with E-state index in [9.17, 15) is 9.59 Å². The Labute approximate surface area is 162 Å². The summed E-state index contributed by atoms with van der Waals surface area (Å²) in [5, 5.41) is 3.02. The first-order valence-electron chi connectivity index (χ1n) is 10.0. The molecule has 0 spiro atoms. The normalized spacial score (nSPS) is 20.0. The summed E-state index contributed by atoms with van der Waals surface area (Å²) in [6.07, 6.45) is 3.98. The molecule has 0 bridgehead atoms. The van der Waals surface area contributed by atoms with Gasteiger partial charge < -0.3 is 10.2 Å². The van der Waals surface area contributed by atoms with Crippen LogP contribution in [0, 0.1) is 19.3 Å². The van der Waals surface area contributed by atoms with Crippen LogP contribution in [0.25, 0.3) is 0 Å². The zero-order valence-corrected chi connectivity index (χ0v) is 17.3. The third-order valence-electron chi connectivity index (χ3n) is 5.31. The first-order valence-corrected chi connectivity index (χ1v) is 10.0. The molecule has 1 saturated carbocycles. The molecule has 2 aliphatic rings. The second-order valence-electron chi connectivity index (χ2n) is 9.31. The summed E-state index contributed by atoms with van der Waals surface area (Å²) in [5.41, 5.74) is 2.68. The molecule has 2 amide bonds. The molecule has 0 aromatic carbocycles. The van der Waals surface area contributed by atoms with Gasteiger partial charge >= 0.3 is 0 Å². The molecule has 1 N–H and O–H groups in total. The van der Waals surface area contributed by atoms with E-state index in [1.165, 1.54) is 0 Å². The van der Waals surface area contributed by atoms with Crippen molar-refractivity contribution in [3.8, 4) is 0 Å². The van der Waals surface area contributed by atoms with Gasteiger partial charge in [0.2, 0.25) is 11.8 Å². The molecule has 2 fully saturated rings. The fourth-order valence-corrected chi connectivity index (χ4v) is 3.63. The van der Waals surface area contributed by atoms with Gasteiger partial charge in [0.1, 0.15) is 5.82 Å². The molecular formula is C21H32N4O2. The largest absolute Gasteiger partial charge is 0.353 e. The standard InChI is InChI=1S/C21H32N4O2/c1-13-17(10-18(26)24-16-6-7-16)14(2)23-20(22-13)15-8-9-25(12-15)19(27)11-21(3,4)5/h15-16H,6-12H2,1-5H3,(H,24,26)/t15-/m0/s1. The van der Waals surface area contributed by atoms with E-state index in [4.69, 9.17) is 9.97 Å².